The average molecular weight is 285 g/mol. The van der Waals surface area contributed by atoms with Gasteiger partial charge in [0.2, 0.25) is 0 Å². The van der Waals surface area contributed by atoms with Gasteiger partial charge in [-0.3, -0.25) is 14.9 Å². The van der Waals surface area contributed by atoms with E-state index in [-0.39, 0.29) is 5.56 Å². The summed E-state index contributed by atoms with van der Waals surface area (Å²) in [4.78, 5) is 23.4. The molecule has 1 aromatic rings. The number of carbonyl (C=O) groups is 1. The lowest BCUT2D eigenvalue weighted by Crippen LogP contribution is -2.19. The van der Waals surface area contributed by atoms with Crippen molar-refractivity contribution in [2.45, 2.75) is 13.3 Å². The molecule has 18 heavy (non-hydrogen) atoms. The van der Waals surface area contributed by atoms with E-state index in [9.17, 15) is 28.1 Å². The van der Waals surface area contributed by atoms with Gasteiger partial charge in [0.25, 0.3) is 5.24 Å². The largest absolute Gasteiger partial charge is 0.574 e. The summed E-state index contributed by atoms with van der Waals surface area (Å²) in [6.07, 6.45) is -5.17. The fourth-order valence-electron chi connectivity index (χ4n) is 1.10. The Labute approximate surface area is 102 Å². The fraction of sp³-hybridized carbons (Fsp3) is 0.250. The average Bonchev–Trinajstić information content (AvgIpc) is 2.17. The topological polar surface area (TPSA) is 82.3 Å². The minimum absolute atomic E-state index is 0.0313. The lowest BCUT2D eigenvalue weighted by Gasteiger charge is -2.09. The molecular weight excluding hydrogens is 281 g/mol. The first-order valence-corrected chi connectivity index (χ1v) is 4.61. The fourth-order valence-corrected chi connectivity index (χ4v) is 1.29. The van der Waals surface area contributed by atoms with Crippen molar-refractivity contribution in [1.82, 2.24) is 4.98 Å². The van der Waals surface area contributed by atoms with Gasteiger partial charge in [-0.25, -0.2) is 4.98 Å². The molecule has 0 unspecified atom stereocenters. The molecule has 0 N–H and O–H groups in total. The maximum atomic E-state index is 12.0. The highest BCUT2D eigenvalue weighted by Crippen LogP contribution is 2.31. The molecule has 1 aromatic heterocycles. The number of nitrogens with zero attached hydrogens (tertiary/aromatic N) is 2. The zero-order valence-electron chi connectivity index (χ0n) is 8.62. The summed E-state index contributed by atoms with van der Waals surface area (Å²) in [6.45, 7) is 1.24. The van der Waals surface area contributed by atoms with Crippen LogP contribution in [-0.4, -0.2) is 21.5 Å². The summed E-state index contributed by atoms with van der Waals surface area (Å²) in [5.41, 5.74) is -1.58. The SMILES string of the molecule is Cc1cc([N+](=O)[O-])c(OC(F)(F)F)nc1C(=O)Cl. The Morgan fingerprint density at radius 1 is 1.56 bits per heavy atom. The van der Waals surface area contributed by atoms with Crippen LogP contribution in [0.4, 0.5) is 18.9 Å². The number of pyridine rings is 1. The first-order valence-electron chi connectivity index (χ1n) is 4.23. The number of alkyl halides is 3. The number of hydrogen-bond acceptors (Lipinski definition) is 5. The summed E-state index contributed by atoms with van der Waals surface area (Å²) in [5, 5.41) is 9.40. The molecule has 6 nitrogen and oxygen atoms in total. The van der Waals surface area contributed by atoms with Gasteiger partial charge in [0.05, 0.1) is 4.92 Å². The van der Waals surface area contributed by atoms with Crippen LogP contribution < -0.4 is 4.74 Å². The lowest BCUT2D eigenvalue weighted by molar-refractivity contribution is -0.389. The molecule has 0 aliphatic heterocycles. The molecule has 0 saturated carbocycles. The summed E-state index contributed by atoms with van der Waals surface area (Å²) in [6, 6.07) is 0.726. The van der Waals surface area contributed by atoms with Crippen LogP contribution in [0.1, 0.15) is 16.1 Å². The van der Waals surface area contributed by atoms with Gasteiger partial charge in [-0.1, -0.05) is 0 Å². The van der Waals surface area contributed by atoms with Crippen molar-refractivity contribution in [2.75, 3.05) is 0 Å². The smallest absolute Gasteiger partial charge is 0.381 e. The summed E-state index contributed by atoms with van der Waals surface area (Å²) >= 11 is 5.08. The van der Waals surface area contributed by atoms with Crippen molar-refractivity contribution in [1.29, 1.82) is 0 Å². The molecule has 0 aliphatic rings. The van der Waals surface area contributed by atoms with Gasteiger partial charge < -0.3 is 4.74 Å². The van der Waals surface area contributed by atoms with E-state index in [0.717, 1.165) is 6.07 Å². The summed E-state index contributed by atoms with van der Waals surface area (Å²) < 4.78 is 39.4. The number of hydrogen-bond donors (Lipinski definition) is 0. The molecular formula is C8H4ClF3N2O4. The van der Waals surface area contributed by atoms with Crippen LogP contribution in [0.2, 0.25) is 0 Å². The first kappa shape index (κ1) is 14.2. The van der Waals surface area contributed by atoms with Crippen LogP contribution in [0.25, 0.3) is 0 Å². The van der Waals surface area contributed by atoms with E-state index in [1.165, 1.54) is 6.92 Å². The van der Waals surface area contributed by atoms with Gasteiger partial charge in [0.1, 0.15) is 5.69 Å². The van der Waals surface area contributed by atoms with Crippen LogP contribution >= 0.6 is 11.6 Å². The number of nitro groups is 1. The highest BCUT2D eigenvalue weighted by molar-refractivity contribution is 6.67. The zero-order chi connectivity index (χ0) is 14.1. The molecule has 98 valence electrons. The molecule has 1 rings (SSSR count). The van der Waals surface area contributed by atoms with Crippen LogP contribution in [0, 0.1) is 17.0 Å². The van der Waals surface area contributed by atoms with Crippen LogP contribution in [-0.2, 0) is 0 Å². The summed E-state index contributed by atoms with van der Waals surface area (Å²) in [5.74, 6) is -1.33. The Morgan fingerprint density at radius 2 is 2.11 bits per heavy atom. The van der Waals surface area contributed by atoms with Gasteiger partial charge >= 0.3 is 17.9 Å². The van der Waals surface area contributed by atoms with Crippen molar-refractivity contribution >= 4 is 22.5 Å². The van der Waals surface area contributed by atoms with E-state index in [4.69, 9.17) is 11.6 Å². The highest BCUT2D eigenvalue weighted by Gasteiger charge is 2.36. The van der Waals surface area contributed by atoms with Gasteiger partial charge in [-0.05, 0) is 24.1 Å². The predicted octanol–water partition coefficient (Wildman–Crippen LogP) is 2.58. The predicted molar refractivity (Wildman–Crippen MR) is 52.5 cm³/mol. The third-order valence-electron chi connectivity index (χ3n) is 1.75. The quantitative estimate of drug-likeness (QED) is 0.484. The molecule has 0 aliphatic carbocycles. The minimum atomic E-state index is -5.17. The maximum absolute atomic E-state index is 12.0. The number of aryl methyl sites for hydroxylation is 1. The van der Waals surface area contributed by atoms with Crippen LogP contribution in [0.15, 0.2) is 6.07 Å². The second-order valence-corrected chi connectivity index (χ2v) is 3.40. The van der Waals surface area contributed by atoms with Crippen molar-refractivity contribution < 1.29 is 27.6 Å². The molecule has 0 fully saturated rings. The monoisotopic (exact) mass is 284 g/mol. The molecule has 0 saturated heterocycles. The van der Waals surface area contributed by atoms with Gasteiger partial charge in [0, 0.05) is 6.07 Å². The second-order valence-electron chi connectivity index (χ2n) is 3.06. The molecule has 1 heterocycles. The molecule has 0 bridgehead atoms. The van der Waals surface area contributed by atoms with Crippen LogP contribution in [0.3, 0.4) is 0 Å². The van der Waals surface area contributed by atoms with Crippen LogP contribution in [0.5, 0.6) is 5.88 Å². The van der Waals surface area contributed by atoms with Crippen molar-refractivity contribution in [3.05, 3.63) is 27.4 Å². The van der Waals surface area contributed by atoms with E-state index in [1.54, 1.807) is 0 Å². The maximum Gasteiger partial charge on any atom is 0.574 e. The molecule has 0 amide bonds. The van der Waals surface area contributed by atoms with Gasteiger partial charge in [-0.2, -0.15) is 0 Å². The normalized spacial score (nSPS) is 11.2. The third-order valence-corrected chi connectivity index (χ3v) is 1.93. The molecule has 0 spiro atoms. The molecule has 10 heteroatoms. The first-order chi connectivity index (χ1) is 8.11. The standard InChI is InChI=1S/C8H4ClF3N2O4/c1-3-2-4(14(16)17)7(18-8(10,11)12)13-5(3)6(9)15/h2H,1H3. The number of halogens is 4. The Morgan fingerprint density at radius 3 is 2.50 bits per heavy atom. The van der Waals surface area contributed by atoms with E-state index in [0.29, 0.717) is 0 Å². The number of ether oxygens (including phenoxy) is 1. The van der Waals surface area contributed by atoms with Gasteiger partial charge in [-0.15, -0.1) is 13.2 Å². The molecule has 0 aromatic carbocycles. The second kappa shape index (κ2) is 4.77. The Balaban J connectivity index is 3.40. The molecule has 0 radical (unpaired) electrons. The van der Waals surface area contributed by atoms with Crippen molar-refractivity contribution in [3.8, 4) is 5.88 Å². The zero-order valence-corrected chi connectivity index (χ0v) is 9.37. The van der Waals surface area contributed by atoms with Gasteiger partial charge in [0.15, 0.2) is 0 Å². The Kier molecular flexibility index (Phi) is 3.75. The minimum Gasteiger partial charge on any atom is -0.381 e. The number of rotatable bonds is 3. The molecule has 0 atom stereocenters. The van der Waals surface area contributed by atoms with Crippen molar-refractivity contribution in [3.63, 3.8) is 0 Å². The number of aromatic nitrogens is 1. The van der Waals surface area contributed by atoms with E-state index in [1.807, 2.05) is 0 Å². The number of carbonyl (C=O) groups excluding carboxylic acids is 1. The van der Waals surface area contributed by atoms with E-state index >= 15 is 0 Å². The van der Waals surface area contributed by atoms with E-state index < -0.39 is 33.8 Å². The van der Waals surface area contributed by atoms with E-state index in [2.05, 4.69) is 9.72 Å². The third kappa shape index (κ3) is 3.29. The summed E-state index contributed by atoms with van der Waals surface area (Å²) in [7, 11) is 0. The Bertz CT molecular complexity index is 518. The Hall–Kier alpha value is -1.90. The highest BCUT2D eigenvalue weighted by atomic mass is 35.5. The lowest BCUT2D eigenvalue weighted by atomic mass is 10.2. The van der Waals surface area contributed by atoms with Crippen molar-refractivity contribution in [2.24, 2.45) is 0 Å².